The lowest BCUT2D eigenvalue weighted by molar-refractivity contribution is 0.396. The van der Waals surface area contributed by atoms with Crippen molar-refractivity contribution in [1.29, 1.82) is 0 Å². The van der Waals surface area contributed by atoms with E-state index in [0.717, 1.165) is 23.0 Å². The molecule has 0 radical (unpaired) electrons. The van der Waals surface area contributed by atoms with Crippen molar-refractivity contribution in [3.63, 3.8) is 0 Å². The molecule has 0 aliphatic heterocycles. The Hall–Kier alpha value is -0.830. The number of hydrogen-bond acceptors (Lipinski definition) is 2. The Bertz CT molecular complexity index is 299. The molecule has 70 valence electrons. The van der Waals surface area contributed by atoms with Crippen LogP contribution in [0.4, 0.5) is 0 Å². The van der Waals surface area contributed by atoms with Crippen molar-refractivity contribution in [3.8, 4) is 5.88 Å². The van der Waals surface area contributed by atoms with Gasteiger partial charge in [-0.3, -0.25) is 0 Å². The second kappa shape index (κ2) is 5.02. The molecule has 0 spiro atoms. The van der Waals surface area contributed by atoms with Crippen molar-refractivity contribution >= 4 is 15.9 Å². The fourth-order valence-electron chi connectivity index (χ4n) is 0.992. The minimum Gasteiger partial charge on any atom is -0.481 e. The third-order valence-corrected chi connectivity index (χ3v) is 2.41. The van der Waals surface area contributed by atoms with E-state index in [1.165, 1.54) is 0 Å². The summed E-state index contributed by atoms with van der Waals surface area (Å²) in [7, 11) is 1.62. The zero-order chi connectivity index (χ0) is 9.68. The van der Waals surface area contributed by atoms with Crippen LogP contribution in [0.25, 0.3) is 0 Å². The summed E-state index contributed by atoms with van der Waals surface area (Å²) < 4.78 is 6.06. The number of pyridine rings is 1. The SMILES string of the molecule is C=CCCc1nc(OC)ccc1Br. The first kappa shape index (κ1) is 10.3. The van der Waals surface area contributed by atoms with Crippen LogP contribution in [0.1, 0.15) is 12.1 Å². The zero-order valence-electron chi connectivity index (χ0n) is 7.59. The van der Waals surface area contributed by atoms with Crippen molar-refractivity contribution in [1.82, 2.24) is 4.98 Å². The molecule has 0 aliphatic carbocycles. The van der Waals surface area contributed by atoms with E-state index in [1.54, 1.807) is 7.11 Å². The first-order valence-electron chi connectivity index (χ1n) is 4.08. The topological polar surface area (TPSA) is 22.1 Å². The Labute approximate surface area is 86.8 Å². The summed E-state index contributed by atoms with van der Waals surface area (Å²) in [4.78, 5) is 4.31. The standard InChI is InChI=1S/C10H12BrNO/c1-3-4-5-9-8(11)6-7-10(12-9)13-2/h3,6-7H,1,4-5H2,2H3. The molecule has 0 saturated carbocycles. The molecular weight excluding hydrogens is 230 g/mol. The van der Waals surface area contributed by atoms with E-state index in [4.69, 9.17) is 4.74 Å². The normalized spacial score (nSPS) is 9.69. The predicted molar refractivity (Wildman–Crippen MR) is 57.0 cm³/mol. The molecular formula is C10H12BrNO. The van der Waals surface area contributed by atoms with E-state index in [0.29, 0.717) is 5.88 Å². The Balaban J connectivity index is 2.83. The maximum absolute atomic E-state index is 5.03. The van der Waals surface area contributed by atoms with Gasteiger partial charge >= 0.3 is 0 Å². The van der Waals surface area contributed by atoms with Crippen molar-refractivity contribution in [3.05, 3.63) is 35.0 Å². The van der Waals surface area contributed by atoms with Crippen LogP contribution in [0.2, 0.25) is 0 Å². The first-order chi connectivity index (χ1) is 6.27. The molecule has 0 bridgehead atoms. The van der Waals surface area contributed by atoms with Gasteiger partial charge in [-0.05, 0) is 34.8 Å². The summed E-state index contributed by atoms with van der Waals surface area (Å²) in [6, 6.07) is 3.78. The Kier molecular flexibility index (Phi) is 3.96. The number of aryl methyl sites for hydroxylation is 1. The van der Waals surface area contributed by atoms with Gasteiger partial charge in [-0.2, -0.15) is 0 Å². The summed E-state index contributed by atoms with van der Waals surface area (Å²) in [5.74, 6) is 0.655. The second-order valence-corrected chi connectivity index (χ2v) is 3.46. The van der Waals surface area contributed by atoms with E-state index in [2.05, 4.69) is 27.5 Å². The second-order valence-electron chi connectivity index (χ2n) is 2.61. The molecule has 0 unspecified atom stereocenters. The van der Waals surface area contributed by atoms with Crippen LogP contribution in [0.3, 0.4) is 0 Å². The molecule has 13 heavy (non-hydrogen) atoms. The summed E-state index contributed by atoms with van der Waals surface area (Å²) in [6.45, 7) is 3.67. The van der Waals surface area contributed by atoms with Gasteiger partial charge in [0.15, 0.2) is 0 Å². The monoisotopic (exact) mass is 241 g/mol. The maximum Gasteiger partial charge on any atom is 0.213 e. The van der Waals surface area contributed by atoms with Gasteiger partial charge in [-0.15, -0.1) is 6.58 Å². The van der Waals surface area contributed by atoms with Gasteiger partial charge in [-0.1, -0.05) is 6.08 Å². The van der Waals surface area contributed by atoms with Crippen LogP contribution in [-0.2, 0) is 6.42 Å². The summed E-state index contributed by atoms with van der Waals surface area (Å²) >= 11 is 3.44. The lowest BCUT2D eigenvalue weighted by Crippen LogP contribution is -1.94. The highest BCUT2D eigenvalue weighted by Gasteiger charge is 2.02. The molecule has 0 saturated heterocycles. The molecule has 0 amide bonds. The fraction of sp³-hybridized carbons (Fsp3) is 0.300. The molecule has 1 aromatic heterocycles. The van der Waals surface area contributed by atoms with Crippen LogP contribution < -0.4 is 4.74 Å². The van der Waals surface area contributed by atoms with Crippen LogP contribution >= 0.6 is 15.9 Å². The van der Waals surface area contributed by atoms with Gasteiger partial charge in [0, 0.05) is 10.5 Å². The van der Waals surface area contributed by atoms with Crippen molar-refractivity contribution in [2.75, 3.05) is 7.11 Å². The highest BCUT2D eigenvalue weighted by atomic mass is 79.9. The van der Waals surface area contributed by atoms with Crippen molar-refractivity contribution < 1.29 is 4.74 Å². The molecule has 0 aromatic carbocycles. The summed E-state index contributed by atoms with van der Waals surface area (Å²) in [5, 5.41) is 0. The zero-order valence-corrected chi connectivity index (χ0v) is 9.17. The number of allylic oxidation sites excluding steroid dienone is 1. The first-order valence-corrected chi connectivity index (χ1v) is 4.87. The smallest absolute Gasteiger partial charge is 0.213 e. The average molecular weight is 242 g/mol. The van der Waals surface area contributed by atoms with Gasteiger partial charge in [0.1, 0.15) is 0 Å². The molecule has 0 aliphatic rings. The quantitative estimate of drug-likeness (QED) is 0.757. The number of methoxy groups -OCH3 is 1. The van der Waals surface area contributed by atoms with E-state index in [1.807, 2.05) is 18.2 Å². The molecule has 1 heterocycles. The van der Waals surface area contributed by atoms with Gasteiger partial charge < -0.3 is 4.74 Å². The minimum absolute atomic E-state index is 0.655. The molecule has 1 rings (SSSR count). The Morgan fingerprint density at radius 2 is 2.38 bits per heavy atom. The highest BCUT2D eigenvalue weighted by molar-refractivity contribution is 9.10. The third kappa shape index (κ3) is 2.84. The highest BCUT2D eigenvalue weighted by Crippen LogP contribution is 2.19. The molecule has 2 nitrogen and oxygen atoms in total. The van der Waals surface area contributed by atoms with Crippen LogP contribution in [-0.4, -0.2) is 12.1 Å². The lowest BCUT2D eigenvalue weighted by Gasteiger charge is -2.04. The average Bonchev–Trinajstić information content (AvgIpc) is 2.17. The number of aromatic nitrogens is 1. The Morgan fingerprint density at radius 3 is 3.00 bits per heavy atom. The minimum atomic E-state index is 0.655. The number of ether oxygens (including phenoxy) is 1. The Morgan fingerprint density at radius 1 is 1.62 bits per heavy atom. The van der Waals surface area contributed by atoms with E-state index in [9.17, 15) is 0 Å². The van der Waals surface area contributed by atoms with E-state index >= 15 is 0 Å². The lowest BCUT2D eigenvalue weighted by atomic mass is 10.2. The van der Waals surface area contributed by atoms with E-state index in [-0.39, 0.29) is 0 Å². The van der Waals surface area contributed by atoms with Gasteiger partial charge in [-0.25, -0.2) is 4.98 Å². The molecule has 0 N–H and O–H groups in total. The molecule has 0 fully saturated rings. The molecule has 0 atom stereocenters. The number of nitrogens with zero attached hydrogens (tertiary/aromatic N) is 1. The number of rotatable bonds is 4. The van der Waals surface area contributed by atoms with Crippen LogP contribution in [0.15, 0.2) is 29.3 Å². The van der Waals surface area contributed by atoms with E-state index < -0.39 is 0 Å². The van der Waals surface area contributed by atoms with Crippen molar-refractivity contribution in [2.24, 2.45) is 0 Å². The number of halogens is 1. The predicted octanol–water partition coefficient (Wildman–Crippen LogP) is 2.97. The maximum atomic E-state index is 5.03. The summed E-state index contributed by atoms with van der Waals surface area (Å²) in [6.07, 6.45) is 3.70. The van der Waals surface area contributed by atoms with Gasteiger partial charge in [0.2, 0.25) is 5.88 Å². The van der Waals surface area contributed by atoms with Crippen LogP contribution in [0.5, 0.6) is 5.88 Å². The fourth-order valence-corrected chi connectivity index (χ4v) is 1.41. The van der Waals surface area contributed by atoms with Crippen LogP contribution in [0, 0.1) is 0 Å². The van der Waals surface area contributed by atoms with Gasteiger partial charge in [0.25, 0.3) is 0 Å². The summed E-state index contributed by atoms with van der Waals surface area (Å²) in [5.41, 5.74) is 1.01. The van der Waals surface area contributed by atoms with Gasteiger partial charge in [0.05, 0.1) is 12.8 Å². The third-order valence-electron chi connectivity index (χ3n) is 1.69. The molecule has 3 heteroatoms. The molecule has 1 aromatic rings. The van der Waals surface area contributed by atoms with Crippen molar-refractivity contribution in [2.45, 2.75) is 12.8 Å². The number of hydrogen-bond donors (Lipinski definition) is 0. The largest absolute Gasteiger partial charge is 0.481 e.